The van der Waals surface area contributed by atoms with Crippen LogP contribution in [-0.4, -0.2) is 48.5 Å². The molecular weight excluding hydrogens is 264 g/mol. The fourth-order valence-electron chi connectivity index (χ4n) is 2.46. The minimum Gasteiger partial charge on any atom is -0.349 e. The Morgan fingerprint density at radius 1 is 1.48 bits per heavy atom. The summed E-state index contributed by atoms with van der Waals surface area (Å²) in [5.41, 5.74) is 6.61. The standard InChI is InChI=1S/C16H22N4O/c1-20(2)16(8-4-9-16)12-19-15(21)14-7-6-13(11-18-14)5-3-10-17/h6-7,11H,4,8-10,12,17H2,1-2H3,(H,19,21). The van der Waals surface area contributed by atoms with Gasteiger partial charge in [-0.15, -0.1) is 0 Å². The number of pyridine rings is 1. The third-order valence-corrected chi connectivity index (χ3v) is 4.14. The molecule has 5 nitrogen and oxygen atoms in total. The molecular formula is C16H22N4O. The zero-order valence-corrected chi connectivity index (χ0v) is 12.6. The van der Waals surface area contributed by atoms with Crippen LogP contribution in [-0.2, 0) is 0 Å². The van der Waals surface area contributed by atoms with E-state index in [0.717, 1.165) is 18.4 Å². The van der Waals surface area contributed by atoms with Gasteiger partial charge in [-0.25, -0.2) is 4.98 Å². The number of amides is 1. The van der Waals surface area contributed by atoms with Crippen LogP contribution in [0.15, 0.2) is 18.3 Å². The maximum absolute atomic E-state index is 12.1. The molecule has 1 aromatic heterocycles. The number of nitrogens with two attached hydrogens (primary N) is 1. The van der Waals surface area contributed by atoms with Crippen molar-refractivity contribution in [1.29, 1.82) is 0 Å². The Bertz CT molecular complexity index is 550. The number of rotatable bonds is 4. The summed E-state index contributed by atoms with van der Waals surface area (Å²) >= 11 is 0. The summed E-state index contributed by atoms with van der Waals surface area (Å²) in [7, 11) is 4.13. The van der Waals surface area contributed by atoms with Gasteiger partial charge in [-0.05, 0) is 45.5 Å². The van der Waals surface area contributed by atoms with Crippen molar-refractivity contribution in [3.05, 3.63) is 29.6 Å². The lowest BCUT2D eigenvalue weighted by atomic mass is 9.75. The van der Waals surface area contributed by atoms with Crippen molar-refractivity contribution in [2.45, 2.75) is 24.8 Å². The molecule has 0 unspecified atom stereocenters. The van der Waals surface area contributed by atoms with Gasteiger partial charge in [0.15, 0.2) is 0 Å². The summed E-state index contributed by atoms with van der Waals surface area (Å²) < 4.78 is 0. The fraction of sp³-hybridized carbons (Fsp3) is 0.500. The molecule has 21 heavy (non-hydrogen) atoms. The van der Waals surface area contributed by atoms with Crippen molar-refractivity contribution in [2.24, 2.45) is 5.73 Å². The van der Waals surface area contributed by atoms with E-state index >= 15 is 0 Å². The summed E-state index contributed by atoms with van der Waals surface area (Å²) in [6, 6.07) is 3.48. The third kappa shape index (κ3) is 3.60. The normalized spacial score (nSPS) is 15.8. The largest absolute Gasteiger partial charge is 0.349 e. The lowest BCUT2D eigenvalue weighted by molar-refractivity contribution is 0.0556. The predicted octanol–water partition coefficient (Wildman–Crippen LogP) is 0.606. The molecule has 1 fully saturated rings. The van der Waals surface area contributed by atoms with Crippen LogP contribution >= 0.6 is 0 Å². The molecule has 1 aliphatic rings. The lowest BCUT2D eigenvalue weighted by Gasteiger charge is -2.47. The van der Waals surface area contributed by atoms with Crippen LogP contribution in [0.5, 0.6) is 0 Å². The van der Waals surface area contributed by atoms with Gasteiger partial charge < -0.3 is 16.0 Å². The Hall–Kier alpha value is -1.90. The van der Waals surface area contributed by atoms with E-state index < -0.39 is 0 Å². The van der Waals surface area contributed by atoms with Gasteiger partial charge in [0.1, 0.15) is 5.69 Å². The minimum atomic E-state index is -0.138. The monoisotopic (exact) mass is 286 g/mol. The van der Waals surface area contributed by atoms with Crippen LogP contribution < -0.4 is 11.1 Å². The molecule has 0 atom stereocenters. The van der Waals surface area contributed by atoms with Crippen LogP contribution in [0.2, 0.25) is 0 Å². The molecule has 5 heteroatoms. The van der Waals surface area contributed by atoms with E-state index in [1.54, 1.807) is 18.3 Å². The SMILES string of the molecule is CN(C)C1(CNC(=O)c2ccc(C#CCN)cn2)CCC1. The molecule has 112 valence electrons. The molecule has 1 saturated carbocycles. The second-order valence-electron chi connectivity index (χ2n) is 5.59. The second-order valence-corrected chi connectivity index (χ2v) is 5.59. The molecule has 1 aromatic rings. The van der Waals surface area contributed by atoms with E-state index in [-0.39, 0.29) is 11.4 Å². The average Bonchev–Trinajstić information content (AvgIpc) is 2.44. The van der Waals surface area contributed by atoms with Crippen molar-refractivity contribution >= 4 is 5.91 Å². The van der Waals surface area contributed by atoms with Crippen molar-refractivity contribution in [2.75, 3.05) is 27.2 Å². The molecule has 0 aromatic carbocycles. The van der Waals surface area contributed by atoms with Gasteiger partial charge in [-0.3, -0.25) is 4.79 Å². The highest BCUT2D eigenvalue weighted by molar-refractivity contribution is 5.92. The van der Waals surface area contributed by atoms with Crippen LogP contribution in [0.25, 0.3) is 0 Å². The maximum atomic E-state index is 12.1. The van der Waals surface area contributed by atoms with Crippen molar-refractivity contribution in [3.8, 4) is 11.8 Å². The summed E-state index contributed by atoms with van der Waals surface area (Å²) in [6.07, 6.45) is 5.08. The number of likely N-dealkylation sites (N-methyl/N-ethyl adjacent to an activating group) is 1. The maximum Gasteiger partial charge on any atom is 0.269 e. The molecule has 1 heterocycles. The quantitative estimate of drug-likeness (QED) is 0.795. The van der Waals surface area contributed by atoms with Crippen molar-refractivity contribution < 1.29 is 4.79 Å². The number of carbonyl (C=O) groups is 1. The van der Waals surface area contributed by atoms with E-state index in [1.807, 2.05) is 0 Å². The highest BCUT2D eigenvalue weighted by atomic mass is 16.1. The van der Waals surface area contributed by atoms with E-state index in [1.165, 1.54) is 6.42 Å². The first-order chi connectivity index (χ1) is 10.1. The summed E-state index contributed by atoms with van der Waals surface area (Å²) in [5, 5.41) is 2.99. The topological polar surface area (TPSA) is 71.2 Å². The Kier molecular flexibility index (Phi) is 4.94. The number of nitrogens with zero attached hydrogens (tertiary/aromatic N) is 2. The molecule has 0 bridgehead atoms. The summed E-state index contributed by atoms with van der Waals surface area (Å²) in [6.45, 7) is 0.976. The molecule has 1 aliphatic carbocycles. The molecule has 3 N–H and O–H groups in total. The van der Waals surface area contributed by atoms with Gasteiger partial charge in [0, 0.05) is 23.8 Å². The third-order valence-electron chi connectivity index (χ3n) is 4.14. The fourth-order valence-corrected chi connectivity index (χ4v) is 2.46. The Morgan fingerprint density at radius 2 is 2.24 bits per heavy atom. The molecule has 0 spiro atoms. The number of aromatic nitrogens is 1. The molecule has 1 amide bonds. The van der Waals surface area contributed by atoms with Crippen LogP contribution in [0.4, 0.5) is 0 Å². The Labute approximate surface area is 125 Å². The molecule has 0 saturated heterocycles. The number of hydrogen-bond donors (Lipinski definition) is 2. The lowest BCUT2D eigenvalue weighted by Crippen LogP contribution is -2.57. The molecule has 2 rings (SSSR count). The predicted molar refractivity (Wildman–Crippen MR) is 82.8 cm³/mol. The van der Waals surface area contributed by atoms with Gasteiger partial charge in [0.25, 0.3) is 5.91 Å². The molecule has 0 radical (unpaired) electrons. The molecule has 0 aliphatic heterocycles. The second kappa shape index (κ2) is 6.70. The Morgan fingerprint density at radius 3 is 2.71 bits per heavy atom. The van der Waals surface area contributed by atoms with E-state index in [0.29, 0.717) is 18.8 Å². The van der Waals surface area contributed by atoms with Gasteiger partial charge in [-0.1, -0.05) is 11.8 Å². The van der Waals surface area contributed by atoms with E-state index in [9.17, 15) is 4.79 Å². The Balaban J connectivity index is 1.94. The zero-order chi connectivity index (χ0) is 15.3. The van der Waals surface area contributed by atoms with Crippen LogP contribution in [0.3, 0.4) is 0 Å². The van der Waals surface area contributed by atoms with Gasteiger partial charge in [-0.2, -0.15) is 0 Å². The van der Waals surface area contributed by atoms with Crippen LogP contribution in [0.1, 0.15) is 35.3 Å². The smallest absolute Gasteiger partial charge is 0.269 e. The average molecular weight is 286 g/mol. The van der Waals surface area contributed by atoms with Crippen molar-refractivity contribution in [3.63, 3.8) is 0 Å². The van der Waals surface area contributed by atoms with E-state index in [2.05, 4.69) is 41.1 Å². The minimum absolute atomic E-state index is 0.113. The number of hydrogen-bond acceptors (Lipinski definition) is 4. The first-order valence-corrected chi connectivity index (χ1v) is 7.18. The van der Waals surface area contributed by atoms with Gasteiger partial charge in [0.2, 0.25) is 0 Å². The number of nitrogens with one attached hydrogen (secondary N) is 1. The first-order valence-electron chi connectivity index (χ1n) is 7.18. The highest BCUT2D eigenvalue weighted by Gasteiger charge is 2.39. The zero-order valence-electron chi connectivity index (χ0n) is 12.6. The van der Waals surface area contributed by atoms with E-state index in [4.69, 9.17) is 5.73 Å². The van der Waals surface area contributed by atoms with Crippen LogP contribution in [0, 0.1) is 11.8 Å². The van der Waals surface area contributed by atoms with Gasteiger partial charge >= 0.3 is 0 Å². The summed E-state index contributed by atoms with van der Waals surface area (Å²) in [5.74, 6) is 5.50. The highest BCUT2D eigenvalue weighted by Crippen LogP contribution is 2.35. The number of carbonyl (C=O) groups excluding carboxylic acids is 1. The van der Waals surface area contributed by atoms with Crippen molar-refractivity contribution in [1.82, 2.24) is 15.2 Å². The van der Waals surface area contributed by atoms with Gasteiger partial charge in [0.05, 0.1) is 6.54 Å². The summed E-state index contributed by atoms with van der Waals surface area (Å²) in [4.78, 5) is 18.5. The first kappa shape index (κ1) is 15.5.